The number of nitrogens with zero attached hydrogens (tertiary/aromatic N) is 5. The SMILES string of the molecule is Cc1ccc(S(=O)(=O)NCCc2cn(Cc3c[n+](OC(=O)C(F)(F)F)c(C)nc3N)nn2)cc1. The van der Waals surface area contributed by atoms with Gasteiger partial charge in [-0.25, -0.2) is 27.5 Å². The highest BCUT2D eigenvalue weighted by atomic mass is 32.2. The lowest BCUT2D eigenvalue weighted by Crippen LogP contribution is -2.53. The van der Waals surface area contributed by atoms with Gasteiger partial charge < -0.3 is 5.73 Å². The third-order valence-corrected chi connectivity index (χ3v) is 6.02. The molecule has 1 aromatic carbocycles. The smallest absolute Gasteiger partial charge is 0.362 e. The molecule has 0 aliphatic rings. The molecule has 0 saturated carbocycles. The number of benzene rings is 1. The quantitative estimate of drug-likeness (QED) is 0.419. The Bertz CT molecular complexity index is 1290. The zero-order valence-electron chi connectivity index (χ0n) is 18.1. The normalized spacial score (nSPS) is 12.0. The van der Waals surface area contributed by atoms with Crippen molar-refractivity contribution in [3.05, 3.63) is 59.3 Å². The summed E-state index contributed by atoms with van der Waals surface area (Å²) in [6, 6.07) is 6.40. The van der Waals surface area contributed by atoms with Gasteiger partial charge in [-0.1, -0.05) is 22.9 Å². The number of halogens is 3. The number of rotatable bonds is 8. The molecular formula is C19H21F3N7O4S+. The average molecular weight is 500 g/mol. The van der Waals surface area contributed by atoms with Crippen molar-refractivity contribution < 1.29 is 36.0 Å². The van der Waals surface area contributed by atoms with Crippen LogP contribution in [-0.4, -0.2) is 47.1 Å². The van der Waals surface area contributed by atoms with Crippen LogP contribution in [0.1, 0.15) is 22.6 Å². The van der Waals surface area contributed by atoms with Crippen LogP contribution in [-0.2, 0) is 27.8 Å². The first-order valence-electron chi connectivity index (χ1n) is 9.77. The molecule has 0 unspecified atom stereocenters. The van der Waals surface area contributed by atoms with Crippen LogP contribution in [0.15, 0.2) is 41.6 Å². The van der Waals surface area contributed by atoms with Crippen molar-refractivity contribution in [2.24, 2.45) is 0 Å². The molecule has 3 aromatic rings. The Morgan fingerprint density at radius 2 is 1.91 bits per heavy atom. The minimum Gasteiger partial charge on any atom is -0.362 e. The van der Waals surface area contributed by atoms with Crippen LogP contribution in [0.25, 0.3) is 0 Å². The van der Waals surface area contributed by atoms with Gasteiger partial charge in [-0.15, -0.1) is 5.10 Å². The van der Waals surface area contributed by atoms with E-state index in [-0.39, 0.29) is 41.6 Å². The topological polar surface area (TPSA) is 146 Å². The maximum Gasteiger partial charge on any atom is 0.495 e. The van der Waals surface area contributed by atoms with Crippen LogP contribution < -0.4 is 20.0 Å². The number of anilines is 1. The summed E-state index contributed by atoms with van der Waals surface area (Å²) >= 11 is 0. The van der Waals surface area contributed by atoms with Crippen molar-refractivity contribution in [3.63, 3.8) is 0 Å². The lowest BCUT2D eigenvalue weighted by molar-refractivity contribution is -0.877. The van der Waals surface area contributed by atoms with Gasteiger partial charge >= 0.3 is 18.0 Å². The number of aromatic nitrogens is 5. The van der Waals surface area contributed by atoms with Gasteiger partial charge in [0, 0.05) is 26.1 Å². The van der Waals surface area contributed by atoms with Gasteiger partial charge in [-0.3, -0.25) is 0 Å². The predicted molar refractivity (Wildman–Crippen MR) is 110 cm³/mol. The summed E-state index contributed by atoms with van der Waals surface area (Å²) in [5, 5.41) is 7.84. The van der Waals surface area contributed by atoms with E-state index < -0.39 is 22.2 Å². The van der Waals surface area contributed by atoms with Crippen molar-refractivity contribution in [1.29, 1.82) is 0 Å². The fourth-order valence-electron chi connectivity index (χ4n) is 2.77. The summed E-state index contributed by atoms with van der Waals surface area (Å²) in [6.45, 7) is 3.19. The van der Waals surface area contributed by atoms with E-state index in [4.69, 9.17) is 5.73 Å². The van der Waals surface area contributed by atoms with E-state index >= 15 is 0 Å². The molecule has 0 spiro atoms. The number of aryl methyl sites for hydroxylation is 2. The Kier molecular flexibility index (Phi) is 7.16. The van der Waals surface area contributed by atoms with Gasteiger partial charge in [0.05, 0.1) is 22.7 Å². The molecule has 0 bridgehead atoms. The standard InChI is InChI=1S/C19H20F3N7O4S/c1-12-3-5-16(6-4-12)34(31,32)24-8-7-15-11-28(27-26-15)9-14-10-29(13(2)25-17(14)23)33-18(30)19(20,21)22/h3-6,10-11,23-24H,7-9H2,1-2H3/p+1. The molecule has 0 fully saturated rings. The fourth-order valence-corrected chi connectivity index (χ4v) is 3.80. The lowest BCUT2D eigenvalue weighted by atomic mass is 10.2. The van der Waals surface area contributed by atoms with Crippen LogP contribution >= 0.6 is 0 Å². The molecule has 34 heavy (non-hydrogen) atoms. The number of sulfonamides is 1. The number of hydrogen-bond acceptors (Lipinski definition) is 8. The highest BCUT2D eigenvalue weighted by molar-refractivity contribution is 7.89. The van der Waals surface area contributed by atoms with Crippen molar-refractivity contribution in [2.75, 3.05) is 12.3 Å². The number of nitrogens with two attached hydrogens (primary N) is 1. The Morgan fingerprint density at radius 1 is 1.24 bits per heavy atom. The summed E-state index contributed by atoms with van der Waals surface area (Å²) in [5.74, 6) is -2.48. The number of nitrogens with one attached hydrogen (secondary N) is 1. The third kappa shape index (κ3) is 6.26. The summed E-state index contributed by atoms with van der Waals surface area (Å²) in [6.07, 6.45) is -2.33. The number of hydrogen-bond donors (Lipinski definition) is 2. The van der Waals surface area contributed by atoms with Crippen LogP contribution in [0.4, 0.5) is 19.0 Å². The van der Waals surface area contributed by atoms with Crippen molar-refractivity contribution in [3.8, 4) is 0 Å². The zero-order chi connectivity index (χ0) is 25.1. The molecule has 0 saturated heterocycles. The summed E-state index contributed by atoms with van der Waals surface area (Å²) in [5.41, 5.74) is 7.44. The van der Waals surface area contributed by atoms with Gasteiger partial charge in [0.2, 0.25) is 15.8 Å². The van der Waals surface area contributed by atoms with E-state index in [9.17, 15) is 26.4 Å². The zero-order valence-corrected chi connectivity index (χ0v) is 18.9. The summed E-state index contributed by atoms with van der Waals surface area (Å²) in [7, 11) is -3.68. The molecule has 0 atom stereocenters. The van der Waals surface area contributed by atoms with Crippen LogP contribution in [0.2, 0.25) is 0 Å². The molecule has 3 N–H and O–H groups in total. The second-order valence-corrected chi connectivity index (χ2v) is 9.04. The lowest BCUT2D eigenvalue weighted by Gasteiger charge is -2.07. The van der Waals surface area contributed by atoms with Crippen molar-refractivity contribution in [2.45, 2.75) is 37.9 Å². The molecule has 3 rings (SSSR count). The molecular weight excluding hydrogens is 479 g/mol. The Hall–Kier alpha value is -3.59. The van der Waals surface area contributed by atoms with Crippen LogP contribution in [0.3, 0.4) is 0 Å². The van der Waals surface area contributed by atoms with Crippen molar-refractivity contribution in [1.82, 2.24) is 24.7 Å². The highest BCUT2D eigenvalue weighted by Crippen LogP contribution is 2.15. The Morgan fingerprint density at radius 3 is 2.56 bits per heavy atom. The molecule has 0 radical (unpaired) electrons. The van der Waals surface area contributed by atoms with E-state index in [1.165, 1.54) is 29.9 Å². The average Bonchev–Trinajstić information content (AvgIpc) is 3.18. The first kappa shape index (κ1) is 25.0. The van der Waals surface area contributed by atoms with E-state index in [2.05, 4.69) is 24.9 Å². The van der Waals surface area contributed by atoms with Gasteiger partial charge in [0.25, 0.3) is 0 Å². The third-order valence-electron chi connectivity index (χ3n) is 4.54. The first-order chi connectivity index (χ1) is 15.8. The largest absolute Gasteiger partial charge is 0.495 e. The second kappa shape index (κ2) is 9.72. The molecule has 11 nitrogen and oxygen atoms in total. The molecule has 2 aromatic heterocycles. The van der Waals surface area contributed by atoms with Gasteiger partial charge in [0.1, 0.15) is 6.20 Å². The number of nitrogen functional groups attached to an aromatic ring is 1. The van der Waals surface area contributed by atoms with E-state index in [0.29, 0.717) is 10.4 Å². The molecule has 182 valence electrons. The van der Waals surface area contributed by atoms with E-state index in [0.717, 1.165) is 11.8 Å². The minimum absolute atomic E-state index is 0.000263. The monoisotopic (exact) mass is 500 g/mol. The first-order valence-corrected chi connectivity index (χ1v) is 11.3. The maximum atomic E-state index is 12.5. The van der Waals surface area contributed by atoms with Crippen LogP contribution in [0.5, 0.6) is 0 Å². The number of carbonyl (C=O) groups excluding carboxylic acids is 1. The Balaban J connectivity index is 1.64. The fraction of sp³-hybridized carbons (Fsp3) is 0.316. The van der Waals surface area contributed by atoms with E-state index in [1.54, 1.807) is 12.1 Å². The Labute approximate surface area is 192 Å². The molecule has 15 heteroatoms. The minimum atomic E-state index is -5.18. The van der Waals surface area contributed by atoms with E-state index in [1.807, 2.05) is 6.92 Å². The molecule has 2 heterocycles. The van der Waals surface area contributed by atoms with Gasteiger partial charge in [-0.05, 0) is 28.8 Å². The second-order valence-electron chi connectivity index (χ2n) is 7.27. The number of carbonyl (C=O) groups is 1. The van der Waals surface area contributed by atoms with Gasteiger partial charge in [0.15, 0.2) is 0 Å². The predicted octanol–water partition coefficient (Wildman–Crippen LogP) is 0.246. The summed E-state index contributed by atoms with van der Waals surface area (Å²) in [4.78, 5) is 19.4. The molecule has 0 aliphatic carbocycles. The molecule has 0 aliphatic heterocycles. The number of alkyl halides is 3. The van der Waals surface area contributed by atoms with Gasteiger partial charge in [-0.2, -0.15) is 13.2 Å². The maximum absolute atomic E-state index is 12.5. The summed E-state index contributed by atoms with van der Waals surface area (Å²) < 4.78 is 66.5. The highest BCUT2D eigenvalue weighted by Gasteiger charge is 2.44. The van der Waals surface area contributed by atoms with Crippen molar-refractivity contribution >= 4 is 21.8 Å². The molecule has 0 amide bonds. The van der Waals surface area contributed by atoms with Crippen LogP contribution in [0, 0.1) is 13.8 Å².